The van der Waals surface area contributed by atoms with Crippen LogP contribution in [0.1, 0.15) is 60.8 Å². The van der Waals surface area contributed by atoms with E-state index >= 15 is 0 Å². The fourth-order valence-electron chi connectivity index (χ4n) is 7.17. The van der Waals surface area contributed by atoms with Crippen LogP contribution in [0.5, 0.6) is 0 Å². The molecular formula is C41H76N6O9. The Hall–Kier alpha value is -3.24. The summed E-state index contributed by atoms with van der Waals surface area (Å²) >= 11 is 0. The summed E-state index contributed by atoms with van der Waals surface area (Å²) in [4.78, 5) is 54.5. The fraction of sp³-hybridized carbons (Fsp3) is 0.805. The Labute approximate surface area is 337 Å². The molecule has 15 heteroatoms. The number of carbonyl (C=O) groups excluding carboxylic acids is 4. The van der Waals surface area contributed by atoms with E-state index in [0.29, 0.717) is 76.6 Å². The summed E-state index contributed by atoms with van der Waals surface area (Å²) in [6, 6.07) is 0. The summed E-state index contributed by atoms with van der Waals surface area (Å²) in [7, 11) is 7.37. The van der Waals surface area contributed by atoms with Crippen molar-refractivity contribution in [1.29, 1.82) is 0 Å². The van der Waals surface area contributed by atoms with E-state index in [1.54, 1.807) is 14.2 Å². The highest BCUT2D eigenvalue weighted by atomic mass is 16.5. The van der Waals surface area contributed by atoms with Gasteiger partial charge in [-0.15, -0.1) is 0 Å². The van der Waals surface area contributed by atoms with Crippen LogP contribution in [-0.2, 0) is 42.9 Å². The molecule has 1 amide bonds. The van der Waals surface area contributed by atoms with Gasteiger partial charge in [-0.3, -0.25) is 24.1 Å². The highest BCUT2D eigenvalue weighted by Gasteiger charge is 2.43. The molecule has 1 saturated heterocycles. The summed E-state index contributed by atoms with van der Waals surface area (Å²) in [5.74, 6) is 0.0294. The van der Waals surface area contributed by atoms with Crippen LogP contribution in [0.25, 0.3) is 0 Å². The number of amides is 1. The van der Waals surface area contributed by atoms with E-state index in [2.05, 4.69) is 39.3 Å². The van der Waals surface area contributed by atoms with Crippen LogP contribution in [-0.4, -0.2) is 154 Å². The highest BCUT2D eigenvalue weighted by Crippen LogP contribution is 2.34. The molecule has 0 saturated carbocycles. The molecule has 0 aliphatic carbocycles. The number of piperidine rings is 1. The molecule has 0 radical (unpaired) electrons. The molecule has 1 aliphatic heterocycles. The summed E-state index contributed by atoms with van der Waals surface area (Å²) in [5, 5.41) is 14.0. The van der Waals surface area contributed by atoms with Crippen LogP contribution in [0.15, 0.2) is 24.7 Å². The number of carbonyl (C=O) groups is 4. The van der Waals surface area contributed by atoms with Crippen LogP contribution in [0.4, 0.5) is 0 Å². The Balaban J connectivity index is 2.74. The molecule has 56 heavy (non-hydrogen) atoms. The third-order valence-corrected chi connectivity index (χ3v) is 10.7. The molecular weight excluding hydrogens is 720 g/mol. The topological polar surface area (TPSA) is 169 Å². The molecule has 3 atom stereocenters. The summed E-state index contributed by atoms with van der Waals surface area (Å²) < 4.78 is 25.9. The van der Waals surface area contributed by atoms with E-state index in [-0.39, 0.29) is 41.6 Å². The largest absolute Gasteiger partial charge is 0.501 e. The minimum Gasteiger partial charge on any atom is -0.501 e. The number of likely N-dealkylation sites (tertiary alicyclic amines) is 1. The second kappa shape index (κ2) is 25.2. The Morgan fingerprint density at radius 1 is 0.714 bits per heavy atom. The first-order valence-electron chi connectivity index (χ1n) is 19.8. The lowest BCUT2D eigenvalue weighted by Crippen LogP contribution is -2.53. The maximum Gasteiger partial charge on any atom is 0.311 e. The minimum atomic E-state index is -0.669. The molecule has 3 unspecified atom stereocenters. The molecule has 15 nitrogen and oxygen atoms in total. The average molecular weight is 797 g/mol. The lowest BCUT2D eigenvalue weighted by molar-refractivity contribution is -0.157. The van der Waals surface area contributed by atoms with Gasteiger partial charge >= 0.3 is 17.9 Å². The molecule has 0 aromatic rings. The number of esters is 3. The molecule has 0 aromatic heterocycles. The number of rotatable bonds is 30. The second-order valence-corrected chi connectivity index (χ2v) is 16.7. The number of nitrogens with one attached hydrogen (secondary N) is 4. The molecule has 4 N–H and O–H groups in total. The van der Waals surface area contributed by atoms with E-state index in [1.165, 1.54) is 21.3 Å². The fourth-order valence-corrected chi connectivity index (χ4v) is 7.17. The standard InChI is InChI=1S/C41H76N6O9/c1-30(52-9)32(24-40(5,6)37(50)55-12)27-44-16-14-42-18-20-46(22-23-47-29-34(35(48)54-11)26-39(3,4)36(47)49)21-19-43-15-17-45-28-33(31(2)53-10)25-41(7,8)38(51)56-13/h32-34,42-45H,1-2,14-29H2,3-13H3. The lowest BCUT2D eigenvalue weighted by Gasteiger charge is -2.41. The first kappa shape index (κ1) is 50.8. The SMILES string of the molecule is C=C(OC)C(CNCCNCCN(CCNCCNCC(CC(C)(C)C(=O)OC)C(=C)OC)CCN1CC(C(=O)OC)CC(C)(C)C1=O)CC(C)(C)C(=O)OC. The van der Waals surface area contributed by atoms with Crippen LogP contribution in [0.2, 0.25) is 0 Å². The highest BCUT2D eigenvalue weighted by molar-refractivity contribution is 5.85. The summed E-state index contributed by atoms with van der Waals surface area (Å²) in [6.07, 6.45) is 1.56. The van der Waals surface area contributed by atoms with E-state index in [1.807, 2.05) is 46.4 Å². The number of methoxy groups -OCH3 is 5. The molecule has 324 valence electrons. The van der Waals surface area contributed by atoms with E-state index in [9.17, 15) is 19.2 Å². The van der Waals surface area contributed by atoms with Crippen LogP contribution in [0, 0.1) is 34.0 Å². The number of hydrogen-bond acceptors (Lipinski definition) is 14. The lowest BCUT2D eigenvalue weighted by atomic mass is 9.77. The predicted octanol–water partition coefficient (Wildman–Crippen LogP) is 2.43. The van der Waals surface area contributed by atoms with E-state index < -0.39 is 16.2 Å². The zero-order valence-corrected chi connectivity index (χ0v) is 36.5. The first-order valence-corrected chi connectivity index (χ1v) is 19.8. The van der Waals surface area contributed by atoms with Crippen molar-refractivity contribution in [3.8, 4) is 0 Å². The van der Waals surface area contributed by atoms with Crippen molar-refractivity contribution in [2.45, 2.75) is 60.8 Å². The van der Waals surface area contributed by atoms with Gasteiger partial charge in [0.1, 0.15) is 0 Å². The first-order chi connectivity index (χ1) is 26.3. The summed E-state index contributed by atoms with van der Waals surface area (Å²) in [6.45, 7) is 28.0. The molecule has 0 bridgehead atoms. The van der Waals surface area contributed by atoms with Crippen molar-refractivity contribution in [1.82, 2.24) is 31.1 Å². The number of hydrogen-bond donors (Lipinski definition) is 4. The van der Waals surface area contributed by atoms with Gasteiger partial charge in [-0.1, -0.05) is 27.0 Å². The van der Waals surface area contributed by atoms with Gasteiger partial charge in [0.05, 0.1) is 63.8 Å². The average Bonchev–Trinajstić information content (AvgIpc) is 3.16. The monoisotopic (exact) mass is 797 g/mol. The molecule has 0 aromatic carbocycles. The molecule has 1 heterocycles. The van der Waals surface area contributed by atoms with Crippen molar-refractivity contribution < 1.29 is 42.9 Å². The minimum absolute atomic E-state index is 0.0554. The van der Waals surface area contributed by atoms with Crippen molar-refractivity contribution in [2.24, 2.45) is 34.0 Å². The Morgan fingerprint density at radius 2 is 1.14 bits per heavy atom. The van der Waals surface area contributed by atoms with Gasteiger partial charge < -0.3 is 49.9 Å². The second-order valence-electron chi connectivity index (χ2n) is 16.7. The van der Waals surface area contributed by atoms with E-state index in [4.69, 9.17) is 23.7 Å². The van der Waals surface area contributed by atoms with Crippen LogP contribution < -0.4 is 21.3 Å². The predicted molar refractivity (Wildman–Crippen MR) is 219 cm³/mol. The zero-order chi connectivity index (χ0) is 42.5. The van der Waals surface area contributed by atoms with Crippen molar-refractivity contribution in [2.75, 3.05) is 121 Å². The van der Waals surface area contributed by atoms with Gasteiger partial charge in [-0.05, 0) is 47.0 Å². The van der Waals surface area contributed by atoms with Gasteiger partial charge in [0.2, 0.25) is 5.91 Å². The van der Waals surface area contributed by atoms with Gasteiger partial charge in [0.15, 0.2) is 0 Å². The van der Waals surface area contributed by atoms with Crippen molar-refractivity contribution >= 4 is 23.8 Å². The van der Waals surface area contributed by atoms with Crippen LogP contribution in [0.3, 0.4) is 0 Å². The molecule has 1 aliphatic rings. The van der Waals surface area contributed by atoms with Crippen molar-refractivity contribution in [3.63, 3.8) is 0 Å². The van der Waals surface area contributed by atoms with Crippen molar-refractivity contribution in [3.05, 3.63) is 24.7 Å². The Morgan fingerprint density at radius 3 is 1.54 bits per heavy atom. The van der Waals surface area contributed by atoms with Gasteiger partial charge in [0, 0.05) is 102 Å². The Kier molecular flexibility index (Phi) is 22.8. The number of ether oxygens (including phenoxy) is 5. The maximum absolute atomic E-state index is 13.4. The zero-order valence-electron chi connectivity index (χ0n) is 36.5. The van der Waals surface area contributed by atoms with E-state index in [0.717, 1.165) is 39.3 Å². The van der Waals surface area contributed by atoms with Gasteiger partial charge in [0.25, 0.3) is 0 Å². The Bertz CT molecular complexity index is 1190. The van der Waals surface area contributed by atoms with Gasteiger partial charge in [-0.25, -0.2) is 0 Å². The van der Waals surface area contributed by atoms with Crippen LogP contribution >= 0.6 is 0 Å². The third kappa shape index (κ3) is 17.5. The smallest absolute Gasteiger partial charge is 0.311 e. The quantitative estimate of drug-likeness (QED) is 0.0362. The maximum atomic E-state index is 13.4. The molecule has 1 fully saturated rings. The normalized spacial score (nSPS) is 16.9. The number of nitrogens with zero attached hydrogens (tertiary/aromatic N) is 2. The van der Waals surface area contributed by atoms with Gasteiger partial charge in [-0.2, -0.15) is 0 Å². The third-order valence-electron chi connectivity index (χ3n) is 10.7. The summed E-state index contributed by atoms with van der Waals surface area (Å²) in [5.41, 5.74) is -1.98. The molecule has 1 rings (SSSR count). The molecule has 0 spiro atoms.